The highest BCUT2D eigenvalue weighted by Crippen LogP contribution is 2.27. The Morgan fingerprint density at radius 1 is 1.20 bits per heavy atom. The predicted octanol–water partition coefficient (Wildman–Crippen LogP) is -0.820. The lowest BCUT2D eigenvalue weighted by atomic mass is 10.2. The average Bonchev–Trinajstić information content (AvgIpc) is 3.10. The Hall–Kier alpha value is -1.76. The number of methoxy groups -OCH3 is 2. The highest BCUT2D eigenvalue weighted by molar-refractivity contribution is 5.78. The molecule has 1 aliphatic rings. The summed E-state index contributed by atoms with van der Waals surface area (Å²) in [7, 11) is 3.21. The minimum Gasteiger partial charge on any atom is -1.00 e. The van der Waals surface area contributed by atoms with Gasteiger partial charge in [-0.1, -0.05) is 17.3 Å². The number of aliphatic hydroxyl groups excluding tert-OH is 1. The quantitative estimate of drug-likeness (QED) is 0.455. The summed E-state index contributed by atoms with van der Waals surface area (Å²) in [6, 6.07) is 5.65. The van der Waals surface area contributed by atoms with Crippen molar-refractivity contribution in [2.24, 2.45) is 5.16 Å². The molecule has 7 heteroatoms. The molecule has 1 saturated heterocycles. The van der Waals surface area contributed by atoms with E-state index in [1.165, 1.54) is 12.8 Å². The Balaban J connectivity index is 0.00000312. The molecule has 1 aromatic rings. The molecular formula is C18H26ClN2O4-. The number of likely N-dealkylation sites (tertiary alicyclic amines) is 1. The van der Waals surface area contributed by atoms with E-state index in [9.17, 15) is 5.11 Å². The van der Waals surface area contributed by atoms with Crippen molar-refractivity contribution in [2.45, 2.75) is 18.9 Å². The van der Waals surface area contributed by atoms with Gasteiger partial charge >= 0.3 is 0 Å². The Morgan fingerprint density at radius 2 is 1.92 bits per heavy atom. The third-order valence-electron chi connectivity index (χ3n) is 3.85. The summed E-state index contributed by atoms with van der Waals surface area (Å²) in [5.74, 6) is 1.37. The Bertz CT molecular complexity index is 560. The molecule has 0 radical (unpaired) electrons. The number of ether oxygens (including phenoxy) is 2. The minimum absolute atomic E-state index is 0. The second-order valence-electron chi connectivity index (χ2n) is 5.69. The molecule has 0 spiro atoms. The maximum Gasteiger partial charge on any atom is 0.161 e. The van der Waals surface area contributed by atoms with Crippen LogP contribution in [0.2, 0.25) is 0 Å². The Labute approximate surface area is 155 Å². The van der Waals surface area contributed by atoms with Gasteiger partial charge in [0.1, 0.15) is 12.7 Å². The number of hydrogen-bond donors (Lipinski definition) is 1. The topological polar surface area (TPSA) is 63.5 Å². The number of oxime groups is 1. The lowest BCUT2D eigenvalue weighted by Crippen LogP contribution is -3.00. The van der Waals surface area contributed by atoms with Gasteiger partial charge in [0.05, 0.1) is 20.4 Å². The number of halogens is 1. The maximum atomic E-state index is 9.87. The third-order valence-corrected chi connectivity index (χ3v) is 3.85. The fourth-order valence-electron chi connectivity index (χ4n) is 2.63. The summed E-state index contributed by atoms with van der Waals surface area (Å²) in [5.41, 5.74) is 0.966. The van der Waals surface area contributed by atoms with E-state index in [-0.39, 0.29) is 19.0 Å². The van der Waals surface area contributed by atoms with E-state index in [0.29, 0.717) is 18.0 Å². The van der Waals surface area contributed by atoms with Crippen LogP contribution >= 0.6 is 0 Å². The molecule has 140 valence electrons. The van der Waals surface area contributed by atoms with Crippen molar-refractivity contribution < 1.29 is 31.8 Å². The number of hydrogen-bond acceptors (Lipinski definition) is 6. The standard InChI is InChI=1S/C18H26N2O4.ClH/c1-22-17-8-7-15(12-18(17)23-2)6-5-9-19-24-14-16(21)13-20-10-3-4-11-20;/h5-9,12,16,21H,3-4,10-11,13-14H2,1-2H3;1H/p-1/b6-5+,19-9+;. The summed E-state index contributed by atoms with van der Waals surface area (Å²) in [6.45, 7) is 2.98. The predicted molar refractivity (Wildman–Crippen MR) is 94.7 cm³/mol. The van der Waals surface area contributed by atoms with E-state index in [0.717, 1.165) is 18.7 Å². The number of allylic oxidation sites excluding steroid dienone is 1. The summed E-state index contributed by atoms with van der Waals surface area (Å²) in [5, 5.41) is 13.7. The first-order valence-corrected chi connectivity index (χ1v) is 8.17. The molecular weight excluding hydrogens is 344 g/mol. The van der Waals surface area contributed by atoms with Crippen molar-refractivity contribution in [3.05, 3.63) is 29.8 Å². The molecule has 1 aromatic carbocycles. The van der Waals surface area contributed by atoms with Gasteiger partial charge in [-0.25, -0.2) is 0 Å². The first kappa shape index (κ1) is 21.3. The maximum absolute atomic E-state index is 9.87. The van der Waals surface area contributed by atoms with Gasteiger partial charge in [0, 0.05) is 6.54 Å². The van der Waals surface area contributed by atoms with Gasteiger partial charge in [0.25, 0.3) is 0 Å². The van der Waals surface area contributed by atoms with Crippen molar-refractivity contribution in [1.29, 1.82) is 0 Å². The molecule has 1 aliphatic heterocycles. The monoisotopic (exact) mass is 369 g/mol. The zero-order valence-electron chi connectivity index (χ0n) is 14.7. The summed E-state index contributed by atoms with van der Waals surface area (Å²) in [4.78, 5) is 7.37. The van der Waals surface area contributed by atoms with Crippen LogP contribution in [0.5, 0.6) is 11.5 Å². The molecule has 1 unspecified atom stereocenters. The van der Waals surface area contributed by atoms with Gasteiger partial charge in [-0.05, 0) is 49.7 Å². The highest BCUT2D eigenvalue weighted by Gasteiger charge is 2.15. The zero-order valence-corrected chi connectivity index (χ0v) is 15.5. The minimum atomic E-state index is -0.505. The summed E-state index contributed by atoms with van der Waals surface area (Å²) >= 11 is 0. The first-order valence-electron chi connectivity index (χ1n) is 8.17. The Kier molecular flexibility index (Phi) is 9.99. The molecule has 25 heavy (non-hydrogen) atoms. The van der Waals surface area contributed by atoms with Gasteiger partial charge in [-0.15, -0.1) is 0 Å². The molecule has 1 fully saturated rings. The van der Waals surface area contributed by atoms with E-state index < -0.39 is 6.10 Å². The molecule has 0 bridgehead atoms. The molecule has 1 heterocycles. The molecule has 0 aliphatic carbocycles. The second kappa shape index (κ2) is 11.7. The van der Waals surface area contributed by atoms with Crippen LogP contribution in [0.25, 0.3) is 6.08 Å². The van der Waals surface area contributed by atoms with Gasteiger partial charge in [0.2, 0.25) is 0 Å². The van der Waals surface area contributed by atoms with Crippen LogP contribution in [0.15, 0.2) is 29.4 Å². The number of benzene rings is 1. The van der Waals surface area contributed by atoms with Crippen LogP contribution in [-0.4, -0.2) is 62.8 Å². The van der Waals surface area contributed by atoms with Crippen molar-refractivity contribution in [3.63, 3.8) is 0 Å². The second-order valence-corrected chi connectivity index (χ2v) is 5.69. The zero-order chi connectivity index (χ0) is 17.2. The number of aliphatic hydroxyl groups is 1. The fourth-order valence-corrected chi connectivity index (χ4v) is 2.63. The van der Waals surface area contributed by atoms with Crippen LogP contribution in [0.1, 0.15) is 18.4 Å². The molecule has 1 atom stereocenters. The van der Waals surface area contributed by atoms with Crippen molar-refractivity contribution in [3.8, 4) is 11.5 Å². The third kappa shape index (κ3) is 7.34. The normalized spacial score (nSPS) is 16.1. The molecule has 6 nitrogen and oxygen atoms in total. The average molecular weight is 370 g/mol. The molecule has 1 N–H and O–H groups in total. The summed E-state index contributed by atoms with van der Waals surface area (Å²) < 4.78 is 10.4. The van der Waals surface area contributed by atoms with Crippen LogP contribution in [0, 0.1) is 0 Å². The van der Waals surface area contributed by atoms with Crippen LogP contribution in [-0.2, 0) is 4.84 Å². The Morgan fingerprint density at radius 3 is 2.60 bits per heavy atom. The van der Waals surface area contributed by atoms with Crippen LogP contribution < -0.4 is 21.9 Å². The van der Waals surface area contributed by atoms with Crippen LogP contribution in [0.3, 0.4) is 0 Å². The van der Waals surface area contributed by atoms with Gasteiger partial charge in [-0.3, -0.25) is 0 Å². The lowest BCUT2D eigenvalue weighted by molar-refractivity contribution is -0.00000896. The number of rotatable bonds is 9. The molecule has 0 saturated carbocycles. The van der Waals surface area contributed by atoms with Gasteiger partial charge in [-0.2, -0.15) is 0 Å². The summed E-state index contributed by atoms with van der Waals surface area (Å²) in [6.07, 6.45) is 7.14. The largest absolute Gasteiger partial charge is 1.00 e. The van der Waals surface area contributed by atoms with Crippen LogP contribution in [0.4, 0.5) is 0 Å². The van der Waals surface area contributed by atoms with Crippen molar-refractivity contribution in [2.75, 3.05) is 40.5 Å². The molecule has 2 rings (SSSR count). The smallest absolute Gasteiger partial charge is 0.161 e. The fraction of sp³-hybridized carbons (Fsp3) is 0.500. The van der Waals surface area contributed by atoms with E-state index in [1.54, 1.807) is 26.5 Å². The molecule has 0 amide bonds. The SMILES string of the molecule is COc1ccc(/C=C/C=N/OCC(O)CN2CCCC2)cc1OC.[Cl-]. The van der Waals surface area contributed by atoms with Gasteiger partial charge < -0.3 is 36.7 Å². The van der Waals surface area contributed by atoms with Gasteiger partial charge in [0.15, 0.2) is 11.5 Å². The highest BCUT2D eigenvalue weighted by atomic mass is 35.5. The molecule has 0 aromatic heterocycles. The van der Waals surface area contributed by atoms with E-state index in [1.807, 2.05) is 24.3 Å². The van der Waals surface area contributed by atoms with E-state index in [2.05, 4.69) is 10.1 Å². The van der Waals surface area contributed by atoms with E-state index in [4.69, 9.17) is 14.3 Å². The van der Waals surface area contributed by atoms with Crippen molar-refractivity contribution >= 4 is 12.3 Å². The van der Waals surface area contributed by atoms with Crippen molar-refractivity contribution in [1.82, 2.24) is 4.90 Å². The number of nitrogens with zero attached hydrogens (tertiary/aromatic N) is 2. The first-order chi connectivity index (χ1) is 11.7. The lowest BCUT2D eigenvalue weighted by Gasteiger charge is -2.17. The number of β-amino-alcohol motifs (C(OH)–C–C–N with tert-alkyl or cyclic N) is 1. The van der Waals surface area contributed by atoms with E-state index >= 15 is 0 Å².